The number of hydrogen-bond acceptors (Lipinski definition) is 2. The summed E-state index contributed by atoms with van der Waals surface area (Å²) in [5.74, 6) is 0.654. The molecule has 0 fully saturated rings. The minimum atomic E-state index is 0.528. The van der Waals surface area contributed by atoms with Crippen LogP contribution in [0, 0.1) is 0 Å². The summed E-state index contributed by atoms with van der Waals surface area (Å²) in [7, 11) is 0. The summed E-state index contributed by atoms with van der Waals surface area (Å²) in [6.07, 6.45) is 4.40. The van der Waals surface area contributed by atoms with E-state index in [2.05, 4.69) is 0 Å². The number of rotatable bonds is 7. The molecule has 1 rings (SSSR count). The molecule has 0 saturated heterocycles. The molecular formula is C12H14Cl2O2. The van der Waals surface area contributed by atoms with Gasteiger partial charge in [0.05, 0.1) is 11.6 Å². The molecule has 0 N–H and O–H groups in total. The van der Waals surface area contributed by atoms with Crippen molar-refractivity contribution in [1.82, 2.24) is 0 Å². The van der Waals surface area contributed by atoms with Crippen molar-refractivity contribution < 1.29 is 9.53 Å². The Kier molecular flexibility index (Phi) is 6.27. The molecule has 0 saturated carbocycles. The highest BCUT2D eigenvalue weighted by atomic mass is 35.5. The molecule has 0 unspecified atom stereocenters. The number of carbonyl (C=O) groups is 1. The van der Waals surface area contributed by atoms with Gasteiger partial charge in [-0.2, -0.15) is 0 Å². The SMILES string of the molecule is O=CCCCCCOc1ccc(Cl)cc1Cl. The van der Waals surface area contributed by atoms with Gasteiger partial charge >= 0.3 is 0 Å². The number of halogens is 2. The van der Waals surface area contributed by atoms with Gasteiger partial charge in [-0.15, -0.1) is 0 Å². The first-order valence-corrected chi connectivity index (χ1v) is 6.01. The third kappa shape index (κ3) is 4.86. The molecule has 0 bridgehead atoms. The Balaban J connectivity index is 2.24. The fourth-order valence-corrected chi connectivity index (χ4v) is 1.74. The average molecular weight is 261 g/mol. The van der Waals surface area contributed by atoms with Crippen molar-refractivity contribution in [2.45, 2.75) is 25.7 Å². The summed E-state index contributed by atoms with van der Waals surface area (Å²) in [5.41, 5.74) is 0. The van der Waals surface area contributed by atoms with Gasteiger partial charge < -0.3 is 9.53 Å². The van der Waals surface area contributed by atoms with Crippen molar-refractivity contribution in [2.24, 2.45) is 0 Å². The second kappa shape index (κ2) is 7.53. The molecule has 0 aromatic heterocycles. The number of benzene rings is 1. The molecule has 1 aromatic rings. The van der Waals surface area contributed by atoms with Gasteiger partial charge in [0.25, 0.3) is 0 Å². The first-order valence-electron chi connectivity index (χ1n) is 5.25. The molecule has 4 heteroatoms. The number of ether oxygens (including phenoxy) is 1. The third-order valence-electron chi connectivity index (χ3n) is 2.12. The van der Waals surface area contributed by atoms with E-state index in [-0.39, 0.29) is 0 Å². The van der Waals surface area contributed by atoms with Gasteiger partial charge in [-0.1, -0.05) is 23.2 Å². The van der Waals surface area contributed by atoms with Crippen LogP contribution in [0.15, 0.2) is 18.2 Å². The monoisotopic (exact) mass is 260 g/mol. The van der Waals surface area contributed by atoms with Gasteiger partial charge in [0.2, 0.25) is 0 Å². The molecule has 0 aliphatic rings. The first-order chi connectivity index (χ1) is 7.74. The number of aldehydes is 1. The summed E-state index contributed by atoms with van der Waals surface area (Å²) in [4.78, 5) is 10.1. The number of unbranched alkanes of at least 4 members (excludes halogenated alkanes) is 3. The van der Waals surface area contributed by atoms with Gasteiger partial charge in [-0.25, -0.2) is 0 Å². The Morgan fingerprint density at radius 2 is 2.00 bits per heavy atom. The molecule has 88 valence electrons. The van der Waals surface area contributed by atoms with Gasteiger partial charge in [0, 0.05) is 11.4 Å². The fourth-order valence-electron chi connectivity index (χ4n) is 1.28. The average Bonchev–Trinajstić information content (AvgIpc) is 2.26. The third-order valence-corrected chi connectivity index (χ3v) is 2.65. The van der Waals surface area contributed by atoms with Crippen molar-refractivity contribution in [3.05, 3.63) is 28.2 Å². The Labute approximate surface area is 106 Å². The van der Waals surface area contributed by atoms with Crippen LogP contribution in [-0.4, -0.2) is 12.9 Å². The lowest BCUT2D eigenvalue weighted by Gasteiger charge is -2.07. The van der Waals surface area contributed by atoms with E-state index >= 15 is 0 Å². The lowest BCUT2D eigenvalue weighted by molar-refractivity contribution is -0.107. The summed E-state index contributed by atoms with van der Waals surface area (Å²) in [5, 5.41) is 1.13. The summed E-state index contributed by atoms with van der Waals surface area (Å²) < 4.78 is 5.49. The predicted octanol–water partition coefficient (Wildman–Crippen LogP) is 4.13. The largest absolute Gasteiger partial charge is 0.492 e. The van der Waals surface area contributed by atoms with Crippen molar-refractivity contribution in [1.29, 1.82) is 0 Å². The highest BCUT2D eigenvalue weighted by molar-refractivity contribution is 6.35. The minimum absolute atomic E-state index is 0.528. The van der Waals surface area contributed by atoms with E-state index in [9.17, 15) is 4.79 Å². The second-order valence-corrected chi connectivity index (χ2v) is 4.28. The lowest BCUT2D eigenvalue weighted by atomic mass is 10.2. The van der Waals surface area contributed by atoms with E-state index in [0.29, 0.717) is 28.8 Å². The fraction of sp³-hybridized carbons (Fsp3) is 0.417. The Bertz CT molecular complexity index is 340. The van der Waals surface area contributed by atoms with Crippen LogP contribution in [0.1, 0.15) is 25.7 Å². The van der Waals surface area contributed by atoms with Crippen LogP contribution in [0.4, 0.5) is 0 Å². The van der Waals surface area contributed by atoms with E-state index in [1.54, 1.807) is 18.2 Å². The molecule has 1 aromatic carbocycles. The summed E-state index contributed by atoms with van der Waals surface area (Å²) in [6.45, 7) is 0.611. The van der Waals surface area contributed by atoms with Crippen LogP contribution in [0.2, 0.25) is 10.0 Å². The Morgan fingerprint density at radius 1 is 1.19 bits per heavy atom. The highest BCUT2D eigenvalue weighted by Gasteiger charge is 2.01. The van der Waals surface area contributed by atoms with E-state index in [4.69, 9.17) is 27.9 Å². The zero-order valence-corrected chi connectivity index (χ0v) is 10.4. The first kappa shape index (κ1) is 13.3. The smallest absolute Gasteiger partial charge is 0.137 e. The maximum Gasteiger partial charge on any atom is 0.137 e. The molecule has 0 radical (unpaired) electrons. The molecular weight excluding hydrogens is 247 g/mol. The van der Waals surface area contributed by atoms with Gasteiger partial charge in [0.15, 0.2) is 0 Å². The molecule has 0 amide bonds. The number of hydrogen-bond donors (Lipinski definition) is 0. The standard InChI is InChI=1S/C12H14Cl2O2/c13-10-5-6-12(11(14)9-10)16-8-4-2-1-3-7-15/h5-7,9H,1-4,8H2. The minimum Gasteiger partial charge on any atom is -0.492 e. The van der Waals surface area contributed by atoms with Gasteiger partial charge in [-0.05, 0) is 37.5 Å². The predicted molar refractivity (Wildman–Crippen MR) is 66.5 cm³/mol. The van der Waals surface area contributed by atoms with E-state index in [1.807, 2.05) is 0 Å². The molecule has 0 aliphatic heterocycles. The zero-order chi connectivity index (χ0) is 11.8. The topological polar surface area (TPSA) is 26.3 Å². The van der Waals surface area contributed by atoms with E-state index in [1.165, 1.54) is 0 Å². The maximum absolute atomic E-state index is 10.1. The van der Waals surface area contributed by atoms with Gasteiger partial charge in [0.1, 0.15) is 12.0 Å². The molecule has 0 aliphatic carbocycles. The normalized spacial score (nSPS) is 10.1. The highest BCUT2D eigenvalue weighted by Crippen LogP contribution is 2.27. The van der Waals surface area contributed by atoms with Gasteiger partial charge in [-0.3, -0.25) is 0 Å². The van der Waals surface area contributed by atoms with Crippen LogP contribution in [0.5, 0.6) is 5.75 Å². The van der Waals surface area contributed by atoms with Crippen molar-refractivity contribution in [3.63, 3.8) is 0 Å². The van der Waals surface area contributed by atoms with Crippen molar-refractivity contribution >= 4 is 29.5 Å². The Hall–Kier alpha value is -0.730. The summed E-state index contributed by atoms with van der Waals surface area (Å²) in [6, 6.07) is 5.16. The van der Waals surface area contributed by atoms with Crippen LogP contribution in [0.25, 0.3) is 0 Å². The Morgan fingerprint density at radius 3 is 2.69 bits per heavy atom. The zero-order valence-electron chi connectivity index (χ0n) is 8.92. The lowest BCUT2D eigenvalue weighted by Crippen LogP contribution is -1.97. The van der Waals surface area contributed by atoms with Crippen LogP contribution >= 0.6 is 23.2 Å². The van der Waals surface area contributed by atoms with E-state index < -0.39 is 0 Å². The van der Waals surface area contributed by atoms with Crippen molar-refractivity contribution in [3.8, 4) is 5.75 Å². The summed E-state index contributed by atoms with van der Waals surface area (Å²) >= 11 is 11.7. The molecule has 0 atom stereocenters. The van der Waals surface area contributed by atoms with E-state index in [0.717, 1.165) is 25.5 Å². The van der Waals surface area contributed by atoms with Crippen LogP contribution in [-0.2, 0) is 4.79 Å². The molecule has 2 nitrogen and oxygen atoms in total. The molecule has 0 heterocycles. The van der Waals surface area contributed by atoms with Crippen LogP contribution < -0.4 is 4.74 Å². The van der Waals surface area contributed by atoms with Crippen LogP contribution in [0.3, 0.4) is 0 Å². The number of carbonyl (C=O) groups excluding carboxylic acids is 1. The maximum atomic E-state index is 10.1. The second-order valence-electron chi connectivity index (χ2n) is 3.44. The quantitative estimate of drug-likeness (QED) is 0.544. The molecule has 0 spiro atoms. The van der Waals surface area contributed by atoms with Crippen molar-refractivity contribution in [2.75, 3.05) is 6.61 Å². The molecule has 16 heavy (non-hydrogen) atoms.